The summed E-state index contributed by atoms with van der Waals surface area (Å²) in [6, 6.07) is 33.3. The predicted octanol–water partition coefficient (Wildman–Crippen LogP) is 5.18. The zero-order valence-corrected chi connectivity index (χ0v) is 20.2. The number of hydrogen-bond acceptors (Lipinski definition) is 5. The van der Waals surface area contributed by atoms with E-state index in [4.69, 9.17) is 9.47 Å². The second-order valence-corrected chi connectivity index (χ2v) is 8.42. The Kier molecular flexibility index (Phi) is 8.94. The van der Waals surface area contributed by atoms with Crippen LogP contribution in [0.25, 0.3) is 0 Å². The largest absolute Gasteiger partial charge is 0.457 e. The fourth-order valence-electron chi connectivity index (χ4n) is 3.65. The number of nitrogens with one attached hydrogen (secondary N) is 1. The smallest absolute Gasteiger partial charge is 0.293 e. The van der Waals surface area contributed by atoms with Crippen LogP contribution in [-0.2, 0) is 27.4 Å². The lowest BCUT2D eigenvalue weighted by Crippen LogP contribution is -2.47. The summed E-state index contributed by atoms with van der Waals surface area (Å²) in [5.74, 6) is -0.456. The molecule has 0 saturated carbocycles. The van der Waals surface area contributed by atoms with E-state index < -0.39 is 17.7 Å². The molecule has 6 nitrogen and oxygen atoms in total. The predicted molar refractivity (Wildman–Crippen MR) is 140 cm³/mol. The summed E-state index contributed by atoms with van der Waals surface area (Å²) in [4.78, 5) is 38.4. The van der Waals surface area contributed by atoms with Crippen LogP contribution in [0.5, 0.6) is 11.5 Å². The highest BCUT2D eigenvalue weighted by Gasteiger charge is 2.25. The van der Waals surface area contributed by atoms with Gasteiger partial charge in [-0.2, -0.15) is 0 Å². The van der Waals surface area contributed by atoms with Crippen LogP contribution in [0.15, 0.2) is 115 Å². The van der Waals surface area contributed by atoms with Gasteiger partial charge >= 0.3 is 0 Å². The van der Waals surface area contributed by atoms with Gasteiger partial charge in [-0.1, -0.05) is 91.0 Å². The van der Waals surface area contributed by atoms with Gasteiger partial charge in [0.25, 0.3) is 5.91 Å². The standard InChI is InChI=1S/C31H27NO5/c33-29(20-23-16-18-27(19-17-23)37-26-14-8-3-9-15-26)28(22-36-21-24-10-4-1-5-11-24)32-31(35)30(34)25-12-6-2-7-13-25/h1-19,28H,20-22H2,(H,32,35). The Hall–Kier alpha value is -4.55. The average molecular weight is 494 g/mol. The zero-order chi connectivity index (χ0) is 25.9. The highest BCUT2D eigenvalue weighted by atomic mass is 16.5. The minimum atomic E-state index is -0.982. The number of Topliss-reactive ketones (excluding diaryl/α,β-unsaturated/α-hetero) is 2. The maximum absolute atomic E-state index is 13.2. The molecule has 4 rings (SSSR count). The van der Waals surface area contributed by atoms with Gasteiger partial charge in [-0.25, -0.2) is 0 Å². The second kappa shape index (κ2) is 13.0. The molecule has 4 aromatic rings. The topological polar surface area (TPSA) is 81.7 Å². The average Bonchev–Trinajstić information content (AvgIpc) is 2.94. The Morgan fingerprint density at radius 3 is 1.86 bits per heavy atom. The van der Waals surface area contributed by atoms with Gasteiger partial charge in [0.2, 0.25) is 5.78 Å². The highest BCUT2D eigenvalue weighted by molar-refractivity contribution is 6.43. The van der Waals surface area contributed by atoms with Crippen molar-refractivity contribution in [1.29, 1.82) is 0 Å². The fraction of sp³-hybridized carbons (Fsp3) is 0.129. The molecule has 0 fully saturated rings. The Balaban J connectivity index is 1.41. The van der Waals surface area contributed by atoms with Crippen LogP contribution in [-0.4, -0.2) is 30.1 Å². The first-order valence-corrected chi connectivity index (χ1v) is 11.9. The number of benzene rings is 4. The SMILES string of the molecule is O=C(NC(COCc1ccccc1)C(=O)Cc1ccc(Oc2ccccc2)cc1)C(=O)c1ccccc1. The summed E-state index contributed by atoms with van der Waals surface area (Å²) in [6.45, 7) is 0.218. The molecule has 0 radical (unpaired) electrons. The minimum absolute atomic E-state index is 0.0588. The third-order valence-electron chi connectivity index (χ3n) is 5.61. The van der Waals surface area contributed by atoms with Crippen molar-refractivity contribution in [3.63, 3.8) is 0 Å². The summed E-state index contributed by atoms with van der Waals surface area (Å²) in [5, 5.41) is 2.58. The van der Waals surface area contributed by atoms with Gasteiger partial charge in [-0.05, 0) is 35.4 Å². The first-order chi connectivity index (χ1) is 18.1. The Labute approximate surface area is 215 Å². The van der Waals surface area contributed by atoms with Crippen molar-refractivity contribution in [2.24, 2.45) is 0 Å². The first kappa shape index (κ1) is 25.5. The van der Waals surface area contributed by atoms with Crippen LogP contribution in [0.4, 0.5) is 0 Å². The van der Waals surface area contributed by atoms with Crippen molar-refractivity contribution in [2.75, 3.05) is 6.61 Å². The van der Waals surface area contributed by atoms with E-state index in [0.29, 0.717) is 11.5 Å². The number of ketones is 2. The zero-order valence-electron chi connectivity index (χ0n) is 20.2. The summed E-state index contributed by atoms with van der Waals surface area (Å²) < 4.78 is 11.5. The van der Waals surface area contributed by atoms with Crippen LogP contribution in [0.2, 0.25) is 0 Å². The Morgan fingerprint density at radius 2 is 1.22 bits per heavy atom. The van der Waals surface area contributed by atoms with Crippen LogP contribution in [0.1, 0.15) is 21.5 Å². The van der Waals surface area contributed by atoms with Gasteiger partial charge in [0, 0.05) is 12.0 Å². The van der Waals surface area contributed by atoms with Crippen molar-refractivity contribution in [3.8, 4) is 11.5 Å². The summed E-state index contributed by atoms with van der Waals surface area (Å²) in [5.41, 5.74) is 1.95. The van der Waals surface area contributed by atoms with Crippen molar-refractivity contribution in [1.82, 2.24) is 5.32 Å². The van der Waals surface area contributed by atoms with Gasteiger partial charge in [0.15, 0.2) is 5.78 Å². The summed E-state index contributed by atoms with van der Waals surface area (Å²) in [6.07, 6.45) is 0.0603. The first-order valence-electron chi connectivity index (χ1n) is 11.9. The van der Waals surface area contributed by atoms with E-state index in [2.05, 4.69) is 5.32 Å². The third-order valence-corrected chi connectivity index (χ3v) is 5.61. The molecular weight excluding hydrogens is 466 g/mol. The Bertz CT molecular complexity index is 1310. The van der Waals surface area contributed by atoms with Gasteiger partial charge in [0.1, 0.15) is 17.5 Å². The molecule has 186 valence electrons. The third kappa shape index (κ3) is 7.72. The lowest BCUT2D eigenvalue weighted by molar-refractivity contribution is -0.127. The lowest BCUT2D eigenvalue weighted by Gasteiger charge is -2.18. The molecule has 0 aliphatic heterocycles. The molecular formula is C31H27NO5. The normalized spacial score (nSPS) is 11.4. The molecule has 0 spiro atoms. The summed E-state index contributed by atoms with van der Waals surface area (Å²) >= 11 is 0. The number of carbonyl (C=O) groups is 3. The van der Waals surface area contributed by atoms with Crippen molar-refractivity contribution >= 4 is 17.5 Å². The van der Waals surface area contributed by atoms with Crippen molar-refractivity contribution in [2.45, 2.75) is 19.1 Å². The van der Waals surface area contributed by atoms with Gasteiger partial charge in [0.05, 0.1) is 13.2 Å². The van der Waals surface area contributed by atoms with Crippen LogP contribution >= 0.6 is 0 Å². The molecule has 0 bridgehead atoms. The minimum Gasteiger partial charge on any atom is -0.457 e. The second-order valence-electron chi connectivity index (χ2n) is 8.42. The maximum Gasteiger partial charge on any atom is 0.293 e. The molecule has 1 unspecified atom stereocenters. The molecule has 1 amide bonds. The fourth-order valence-corrected chi connectivity index (χ4v) is 3.65. The molecule has 1 atom stereocenters. The van der Waals surface area contributed by atoms with Crippen LogP contribution in [0.3, 0.4) is 0 Å². The summed E-state index contributed by atoms with van der Waals surface area (Å²) in [7, 11) is 0. The monoisotopic (exact) mass is 493 g/mol. The van der Waals surface area contributed by atoms with E-state index in [-0.39, 0.29) is 31.0 Å². The van der Waals surface area contributed by atoms with Crippen molar-refractivity contribution in [3.05, 3.63) is 132 Å². The number of hydrogen-bond donors (Lipinski definition) is 1. The number of rotatable bonds is 12. The molecule has 37 heavy (non-hydrogen) atoms. The number of carbonyl (C=O) groups excluding carboxylic acids is 3. The van der Waals surface area contributed by atoms with Crippen LogP contribution < -0.4 is 10.1 Å². The molecule has 0 aliphatic carbocycles. The molecule has 0 aromatic heterocycles. The van der Waals surface area contributed by atoms with Crippen LogP contribution in [0, 0.1) is 0 Å². The van der Waals surface area contributed by atoms with Crippen molar-refractivity contribution < 1.29 is 23.9 Å². The number of ether oxygens (including phenoxy) is 2. The lowest BCUT2D eigenvalue weighted by atomic mass is 10.0. The Morgan fingerprint density at radius 1 is 0.649 bits per heavy atom. The molecule has 0 heterocycles. The van der Waals surface area contributed by atoms with E-state index in [1.807, 2.05) is 60.7 Å². The highest BCUT2D eigenvalue weighted by Crippen LogP contribution is 2.21. The number of para-hydroxylation sites is 1. The van der Waals surface area contributed by atoms with Gasteiger partial charge in [-0.3, -0.25) is 14.4 Å². The maximum atomic E-state index is 13.2. The molecule has 0 aliphatic rings. The molecule has 4 aromatic carbocycles. The van der Waals surface area contributed by atoms with Gasteiger partial charge in [-0.15, -0.1) is 0 Å². The molecule has 1 N–H and O–H groups in total. The quantitative estimate of drug-likeness (QED) is 0.217. The van der Waals surface area contributed by atoms with E-state index in [0.717, 1.165) is 11.1 Å². The van der Waals surface area contributed by atoms with E-state index in [1.165, 1.54) is 0 Å². The van der Waals surface area contributed by atoms with Gasteiger partial charge < -0.3 is 14.8 Å². The van der Waals surface area contributed by atoms with E-state index >= 15 is 0 Å². The van der Waals surface area contributed by atoms with E-state index in [1.54, 1.807) is 54.6 Å². The number of amides is 1. The van der Waals surface area contributed by atoms with E-state index in [9.17, 15) is 14.4 Å². The molecule has 0 saturated heterocycles. The molecule has 6 heteroatoms.